The summed E-state index contributed by atoms with van der Waals surface area (Å²) < 4.78 is 5.79. The van der Waals surface area contributed by atoms with Crippen LogP contribution in [-0.2, 0) is 10.5 Å². The molecule has 4 aromatic rings. The number of thioether (sulfide) groups is 1. The van der Waals surface area contributed by atoms with Crippen molar-refractivity contribution in [1.29, 1.82) is 0 Å². The maximum absolute atomic E-state index is 11.2. The molecule has 1 aromatic carbocycles. The van der Waals surface area contributed by atoms with Crippen LogP contribution < -0.4 is 10.6 Å². The molecule has 0 fully saturated rings. The zero-order chi connectivity index (χ0) is 20.1. The van der Waals surface area contributed by atoms with Gasteiger partial charge < -0.3 is 15.1 Å². The molecule has 0 atom stereocenters. The normalized spacial score (nSPS) is 10.7. The number of amides is 1. The smallest absolute Gasteiger partial charge is 0.320 e. The maximum atomic E-state index is 11.2. The number of nitrogens with zero attached hydrogens (tertiary/aromatic N) is 3. The van der Waals surface area contributed by atoms with Gasteiger partial charge in [0.15, 0.2) is 0 Å². The number of benzene rings is 1. The van der Waals surface area contributed by atoms with E-state index in [1.807, 2.05) is 53.9 Å². The second-order valence-electron chi connectivity index (χ2n) is 6.04. The SMILES string of the molecule is CC(=O)Nc1cc(CSc2ccsc2-c2nnc(Nc3ccccc3)o2)ccn1. The predicted molar refractivity (Wildman–Crippen MR) is 115 cm³/mol. The fourth-order valence-electron chi connectivity index (χ4n) is 2.55. The third-order valence-electron chi connectivity index (χ3n) is 3.80. The highest BCUT2D eigenvalue weighted by atomic mass is 32.2. The van der Waals surface area contributed by atoms with Gasteiger partial charge in [0.1, 0.15) is 10.7 Å². The van der Waals surface area contributed by atoms with E-state index in [1.54, 1.807) is 29.3 Å². The minimum atomic E-state index is -0.140. The lowest BCUT2D eigenvalue weighted by Crippen LogP contribution is -2.07. The molecule has 0 unspecified atom stereocenters. The van der Waals surface area contributed by atoms with Crippen LogP contribution in [0.4, 0.5) is 17.5 Å². The summed E-state index contributed by atoms with van der Waals surface area (Å²) in [7, 11) is 0. The molecule has 0 aliphatic carbocycles. The van der Waals surface area contributed by atoms with Crippen molar-refractivity contribution in [3.05, 3.63) is 65.7 Å². The Balaban J connectivity index is 1.45. The van der Waals surface area contributed by atoms with Crippen molar-refractivity contribution in [2.24, 2.45) is 0 Å². The first-order valence-corrected chi connectivity index (χ1v) is 10.6. The Bertz CT molecular complexity index is 1110. The fraction of sp³-hybridized carbons (Fsp3) is 0.100. The summed E-state index contributed by atoms with van der Waals surface area (Å²) in [6, 6.07) is 15.9. The molecule has 3 heterocycles. The molecular weight excluding hydrogens is 406 g/mol. The van der Waals surface area contributed by atoms with E-state index < -0.39 is 0 Å². The van der Waals surface area contributed by atoms with E-state index in [0.29, 0.717) is 17.7 Å². The van der Waals surface area contributed by atoms with Crippen LogP contribution in [0.15, 0.2) is 69.4 Å². The summed E-state index contributed by atoms with van der Waals surface area (Å²) in [4.78, 5) is 17.3. The van der Waals surface area contributed by atoms with Gasteiger partial charge in [0.05, 0.1) is 0 Å². The lowest BCUT2D eigenvalue weighted by molar-refractivity contribution is -0.114. The lowest BCUT2D eigenvalue weighted by Gasteiger charge is -2.05. The van der Waals surface area contributed by atoms with Gasteiger partial charge in [-0.05, 0) is 41.3 Å². The van der Waals surface area contributed by atoms with E-state index in [4.69, 9.17) is 4.42 Å². The largest absolute Gasteiger partial charge is 0.402 e. The summed E-state index contributed by atoms with van der Waals surface area (Å²) in [5.74, 6) is 1.62. The number of rotatable bonds is 7. The molecule has 2 N–H and O–H groups in total. The third kappa shape index (κ3) is 5.01. The molecule has 29 heavy (non-hydrogen) atoms. The molecule has 0 saturated heterocycles. The highest BCUT2D eigenvalue weighted by Gasteiger charge is 2.15. The van der Waals surface area contributed by atoms with Crippen LogP contribution in [0.3, 0.4) is 0 Å². The van der Waals surface area contributed by atoms with Crippen LogP contribution in [0.2, 0.25) is 0 Å². The number of anilines is 3. The number of pyridine rings is 1. The number of para-hydroxylation sites is 1. The van der Waals surface area contributed by atoms with E-state index in [1.165, 1.54) is 6.92 Å². The molecule has 3 aromatic heterocycles. The van der Waals surface area contributed by atoms with Crippen molar-refractivity contribution in [3.8, 4) is 10.8 Å². The summed E-state index contributed by atoms with van der Waals surface area (Å²) in [6.07, 6.45) is 1.69. The molecule has 4 rings (SSSR count). The lowest BCUT2D eigenvalue weighted by atomic mass is 10.3. The van der Waals surface area contributed by atoms with E-state index in [9.17, 15) is 4.79 Å². The fourth-order valence-corrected chi connectivity index (χ4v) is 4.55. The van der Waals surface area contributed by atoms with Crippen LogP contribution >= 0.6 is 23.1 Å². The predicted octanol–water partition coefficient (Wildman–Crippen LogP) is 5.19. The zero-order valence-corrected chi connectivity index (χ0v) is 17.1. The Labute approximate surface area is 175 Å². The van der Waals surface area contributed by atoms with Gasteiger partial charge in [-0.2, -0.15) is 0 Å². The van der Waals surface area contributed by atoms with Crippen molar-refractivity contribution in [2.75, 3.05) is 10.6 Å². The number of aromatic nitrogens is 3. The minimum Gasteiger partial charge on any atom is -0.402 e. The van der Waals surface area contributed by atoms with Crippen molar-refractivity contribution in [3.63, 3.8) is 0 Å². The summed E-state index contributed by atoms with van der Waals surface area (Å²) in [5.41, 5.74) is 1.94. The topological polar surface area (TPSA) is 92.9 Å². The molecule has 0 spiro atoms. The first-order valence-electron chi connectivity index (χ1n) is 8.76. The van der Waals surface area contributed by atoms with E-state index >= 15 is 0 Å². The monoisotopic (exact) mass is 423 g/mol. The first kappa shape index (κ1) is 19.2. The van der Waals surface area contributed by atoms with Gasteiger partial charge in [0.25, 0.3) is 5.89 Å². The number of carbonyl (C=O) groups excluding carboxylic acids is 1. The second-order valence-corrected chi connectivity index (χ2v) is 7.97. The summed E-state index contributed by atoms with van der Waals surface area (Å²) in [6.45, 7) is 1.46. The minimum absolute atomic E-state index is 0.140. The van der Waals surface area contributed by atoms with Crippen LogP contribution in [-0.4, -0.2) is 21.1 Å². The average Bonchev–Trinajstić information content (AvgIpc) is 3.36. The number of carbonyl (C=O) groups is 1. The van der Waals surface area contributed by atoms with Crippen molar-refractivity contribution < 1.29 is 9.21 Å². The number of nitrogens with one attached hydrogen (secondary N) is 2. The Morgan fingerprint density at radius 2 is 2.03 bits per heavy atom. The highest BCUT2D eigenvalue weighted by molar-refractivity contribution is 7.98. The summed E-state index contributed by atoms with van der Waals surface area (Å²) >= 11 is 3.22. The Kier molecular flexibility index (Phi) is 5.87. The van der Waals surface area contributed by atoms with E-state index in [-0.39, 0.29) is 5.91 Å². The average molecular weight is 424 g/mol. The van der Waals surface area contributed by atoms with Crippen LogP contribution in [0.5, 0.6) is 0 Å². The number of hydrogen-bond acceptors (Lipinski definition) is 8. The van der Waals surface area contributed by atoms with E-state index in [0.717, 1.165) is 26.8 Å². The molecular formula is C20H17N5O2S2. The summed E-state index contributed by atoms with van der Waals surface area (Å²) in [5, 5.41) is 16.1. The Morgan fingerprint density at radius 3 is 2.86 bits per heavy atom. The Hall–Kier alpha value is -3.17. The van der Waals surface area contributed by atoms with Crippen LogP contribution in [0, 0.1) is 0 Å². The molecule has 0 saturated carbocycles. The zero-order valence-electron chi connectivity index (χ0n) is 15.5. The van der Waals surface area contributed by atoms with Crippen molar-refractivity contribution in [1.82, 2.24) is 15.2 Å². The molecule has 146 valence electrons. The second kappa shape index (κ2) is 8.89. The van der Waals surface area contributed by atoms with Gasteiger partial charge in [0.2, 0.25) is 5.91 Å². The van der Waals surface area contributed by atoms with Gasteiger partial charge in [-0.25, -0.2) is 4.98 Å². The highest BCUT2D eigenvalue weighted by Crippen LogP contribution is 2.37. The van der Waals surface area contributed by atoms with Crippen LogP contribution in [0.25, 0.3) is 10.8 Å². The van der Waals surface area contributed by atoms with E-state index in [2.05, 4.69) is 25.8 Å². The van der Waals surface area contributed by atoms with Crippen molar-refractivity contribution in [2.45, 2.75) is 17.6 Å². The van der Waals surface area contributed by atoms with Gasteiger partial charge in [-0.15, -0.1) is 28.2 Å². The van der Waals surface area contributed by atoms with Gasteiger partial charge in [-0.3, -0.25) is 4.79 Å². The van der Waals surface area contributed by atoms with Gasteiger partial charge in [-0.1, -0.05) is 23.3 Å². The maximum Gasteiger partial charge on any atom is 0.320 e. The molecule has 0 bridgehead atoms. The molecule has 0 aliphatic heterocycles. The number of hydrogen-bond donors (Lipinski definition) is 2. The molecule has 7 nitrogen and oxygen atoms in total. The Morgan fingerprint density at radius 1 is 1.17 bits per heavy atom. The number of thiophene rings is 1. The molecule has 1 amide bonds. The molecule has 0 radical (unpaired) electrons. The molecule has 9 heteroatoms. The standard InChI is InChI=1S/C20H17N5O2S2/c1-13(26)22-17-11-14(7-9-21-17)12-29-16-8-10-28-18(16)19-24-25-20(27-19)23-15-5-3-2-4-6-15/h2-11H,12H2,1H3,(H,23,25)(H,21,22,26). The third-order valence-corrected chi connectivity index (χ3v) is 5.96. The van der Waals surface area contributed by atoms with Crippen LogP contribution in [0.1, 0.15) is 12.5 Å². The first-order chi connectivity index (χ1) is 14.2. The quantitative estimate of drug-likeness (QED) is 0.395. The molecule has 0 aliphatic rings. The van der Waals surface area contributed by atoms with Gasteiger partial charge in [0, 0.05) is 29.5 Å². The van der Waals surface area contributed by atoms with Crippen molar-refractivity contribution >= 4 is 46.5 Å². The van der Waals surface area contributed by atoms with Gasteiger partial charge >= 0.3 is 6.01 Å².